The lowest BCUT2D eigenvalue weighted by Gasteiger charge is -2.09. The number of hydrogen-bond acceptors (Lipinski definition) is 5. The van der Waals surface area contributed by atoms with Gasteiger partial charge in [0.2, 0.25) is 0 Å². The first kappa shape index (κ1) is 15.0. The van der Waals surface area contributed by atoms with E-state index in [4.69, 9.17) is 9.84 Å². The molecule has 0 saturated carbocycles. The highest BCUT2D eigenvalue weighted by Crippen LogP contribution is 2.23. The molecule has 0 aromatic heterocycles. The number of imide groups is 1. The van der Waals surface area contributed by atoms with Crippen molar-refractivity contribution < 1.29 is 29.0 Å². The van der Waals surface area contributed by atoms with Crippen molar-refractivity contribution in [2.75, 3.05) is 13.7 Å². The lowest BCUT2D eigenvalue weighted by atomic mass is 10.2. The van der Waals surface area contributed by atoms with Gasteiger partial charge < -0.3 is 14.6 Å². The molecule has 0 heterocycles. The summed E-state index contributed by atoms with van der Waals surface area (Å²) < 4.78 is 9.83. The number of carboxylic acid groups (broad SMARTS) is 1. The minimum Gasteiger partial charge on any atom is -0.483 e. The van der Waals surface area contributed by atoms with E-state index in [-0.39, 0.29) is 11.3 Å². The Morgan fingerprint density at radius 2 is 2.05 bits per heavy atom. The van der Waals surface area contributed by atoms with E-state index >= 15 is 0 Å². The number of halogens is 1. The molecule has 0 atom stereocenters. The second-order valence-electron chi connectivity index (χ2n) is 3.27. The highest BCUT2D eigenvalue weighted by molar-refractivity contribution is 9.10. The zero-order valence-corrected chi connectivity index (χ0v) is 11.4. The Labute approximate surface area is 116 Å². The number of ether oxygens (including phenoxy) is 2. The number of benzene rings is 1. The lowest BCUT2D eigenvalue weighted by Crippen LogP contribution is -2.34. The summed E-state index contributed by atoms with van der Waals surface area (Å²) in [5.41, 5.74) is -0.0970. The largest absolute Gasteiger partial charge is 0.483 e. The molecule has 0 spiro atoms. The normalized spacial score (nSPS) is 9.58. The zero-order valence-electron chi connectivity index (χ0n) is 9.81. The first-order valence-electron chi connectivity index (χ1n) is 4.97. The minimum atomic E-state index is -1.19. The molecule has 0 radical (unpaired) electrons. The van der Waals surface area contributed by atoms with Gasteiger partial charge >= 0.3 is 12.1 Å². The quantitative estimate of drug-likeness (QED) is 0.864. The number of rotatable bonds is 4. The van der Waals surface area contributed by atoms with Crippen LogP contribution < -0.4 is 10.1 Å². The van der Waals surface area contributed by atoms with Crippen molar-refractivity contribution in [1.29, 1.82) is 0 Å². The van der Waals surface area contributed by atoms with Gasteiger partial charge in [-0.1, -0.05) is 15.9 Å². The summed E-state index contributed by atoms with van der Waals surface area (Å²) in [6.07, 6.45) is -0.914. The number of methoxy groups -OCH3 is 1. The van der Waals surface area contributed by atoms with E-state index in [9.17, 15) is 14.4 Å². The second-order valence-corrected chi connectivity index (χ2v) is 4.19. The van der Waals surface area contributed by atoms with E-state index in [1.54, 1.807) is 6.07 Å². The fourth-order valence-electron chi connectivity index (χ4n) is 1.14. The van der Waals surface area contributed by atoms with Gasteiger partial charge in [-0.3, -0.25) is 10.1 Å². The molecule has 0 fully saturated rings. The highest BCUT2D eigenvalue weighted by atomic mass is 79.9. The van der Waals surface area contributed by atoms with Crippen molar-refractivity contribution in [1.82, 2.24) is 5.32 Å². The molecular formula is C11H10BrNO6. The van der Waals surface area contributed by atoms with E-state index in [0.717, 1.165) is 7.11 Å². The standard InChI is InChI=1S/C11H10BrNO6/c1-18-11(17)13-9(14)5-19-8-3-2-6(12)4-7(8)10(15)16/h2-4H,5H2,1H3,(H,15,16)(H,13,14,17). The molecule has 0 unspecified atom stereocenters. The van der Waals surface area contributed by atoms with Crippen molar-refractivity contribution in [3.63, 3.8) is 0 Å². The Balaban J connectivity index is 2.70. The lowest BCUT2D eigenvalue weighted by molar-refractivity contribution is -0.122. The van der Waals surface area contributed by atoms with Gasteiger partial charge in [0.15, 0.2) is 6.61 Å². The molecule has 0 aliphatic heterocycles. The summed E-state index contributed by atoms with van der Waals surface area (Å²) in [5.74, 6) is -1.91. The van der Waals surface area contributed by atoms with Gasteiger partial charge in [0, 0.05) is 4.47 Å². The number of amides is 2. The molecular weight excluding hydrogens is 322 g/mol. The van der Waals surface area contributed by atoms with Gasteiger partial charge in [0.05, 0.1) is 7.11 Å². The topological polar surface area (TPSA) is 102 Å². The van der Waals surface area contributed by atoms with Crippen LogP contribution in [0.15, 0.2) is 22.7 Å². The van der Waals surface area contributed by atoms with Crippen LogP contribution in [-0.2, 0) is 9.53 Å². The van der Waals surface area contributed by atoms with Crippen LogP contribution in [0.1, 0.15) is 10.4 Å². The summed E-state index contributed by atoms with van der Waals surface area (Å²) in [6, 6.07) is 4.31. The van der Waals surface area contributed by atoms with Crippen LogP contribution in [0.4, 0.5) is 4.79 Å². The zero-order chi connectivity index (χ0) is 14.4. The van der Waals surface area contributed by atoms with Crippen molar-refractivity contribution >= 4 is 33.9 Å². The average molecular weight is 332 g/mol. The molecule has 0 bridgehead atoms. The minimum absolute atomic E-state index is 0.0238. The molecule has 2 amide bonds. The van der Waals surface area contributed by atoms with E-state index in [2.05, 4.69) is 20.7 Å². The van der Waals surface area contributed by atoms with E-state index < -0.39 is 24.6 Å². The Kier molecular flexibility index (Phi) is 5.31. The van der Waals surface area contributed by atoms with Crippen LogP contribution in [0.25, 0.3) is 0 Å². The Bertz CT molecular complexity index is 516. The molecule has 7 nitrogen and oxygen atoms in total. The van der Waals surface area contributed by atoms with Gasteiger partial charge in [-0.05, 0) is 18.2 Å². The fourth-order valence-corrected chi connectivity index (χ4v) is 1.50. The van der Waals surface area contributed by atoms with Gasteiger partial charge in [0.1, 0.15) is 11.3 Å². The predicted molar refractivity (Wildman–Crippen MR) is 67.1 cm³/mol. The third-order valence-electron chi connectivity index (χ3n) is 1.96. The number of carbonyl (C=O) groups excluding carboxylic acids is 2. The van der Waals surface area contributed by atoms with E-state index in [1.807, 2.05) is 5.32 Å². The molecule has 0 aliphatic rings. The van der Waals surface area contributed by atoms with Gasteiger partial charge in [-0.2, -0.15) is 0 Å². The smallest absolute Gasteiger partial charge is 0.413 e. The maximum Gasteiger partial charge on any atom is 0.413 e. The summed E-state index contributed by atoms with van der Waals surface area (Å²) in [7, 11) is 1.11. The molecule has 0 saturated heterocycles. The molecule has 1 rings (SSSR count). The number of carboxylic acids is 1. The van der Waals surface area contributed by atoms with Crippen LogP contribution >= 0.6 is 15.9 Å². The summed E-state index contributed by atoms with van der Waals surface area (Å²) in [6.45, 7) is -0.503. The Hall–Kier alpha value is -2.09. The molecule has 8 heteroatoms. The third-order valence-corrected chi connectivity index (χ3v) is 2.45. The maximum absolute atomic E-state index is 11.2. The summed E-state index contributed by atoms with van der Waals surface area (Å²) >= 11 is 3.13. The summed E-state index contributed by atoms with van der Waals surface area (Å²) in [5, 5.41) is 10.8. The summed E-state index contributed by atoms with van der Waals surface area (Å²) in [4.78, 5) is 33.0. The Morgan fingerprint density at radius 1 is 1.37 bits per heavy atom. The first-order chi connectivity index (χ1) is 8.93. The maximum atomic E-state index is 11.2. The van der Waals surface area contributed by atoms with Crippen LogP contribution in [0.2, 0.25) is 0 Å². The van der Waals surface area contributed by atoms with Crippen LogP contribution in [0, 0.1) is 0 Å². The van der Waals surface area contributed by atoms with Crippen LogP contribution in [0.3, 0.4) is 0 Å². The second kappa shape index (κ2) is 6.74. The molecule has 0 aliphatic carbocycles. The number of hydrogen-bond donors (Lipinski definition) is 2. The Morgan fingerprint density at radius 3 is 2.63 bits per heavy atom. The number of aromatic carboxylic acids is 1. The monoisotopic (exact) mass is 331 g/mol. The molecule has 19 heavy (non-hydrogen) atoms. The number of nitrogens with one attached hydrogen (secondary N) is 1. The first-order valence-corrected chi connectivity index (χ1v) is 5.76. The van der Waals surface area contributed by atoms with Crippen molar-refractivity contribution in [2.24, 2.45) is 0 Å². The van der Waals surface area contributed by atoms with E-state index in [0.29, 0.717) is 4.47 Å². The van der Waals surface area contributed by atoms with Crippen molar-refractivity contribution in [3.05, 3.63) is 28.2 Å². The predicted octanol–water partition coefficient (Wildman–Crippen LogP) is 1.41. The van der Waals surface area contributed by atoms with E-state index in [1.165, 1.54) is 12.1 Å². The molecule has 102 valence electrons. The van der Waals surface area contributed by atoms with Gasteiger partial charge in [-0.15, -0.1) is 0 Å². The van der Waals surface area contributed by atoms with Gasteiger partial charge in [0.25, 0.3) is 5.91 Å². The number of alkyl carbamates (subject to hydrolysis) is 1. The van der Waals surface area contributed by atoms with Crippen LogP contribution in [0.5, 0.6) is 5.75 Å². The van der Waals surface area contributed by atoms with Crippen molar-refractivity contribution in [3.8, 4) is 5.75 Å². The molecule has 2 N–H and O–H groups in total. The fraction of sp³-hybridized carbons (Fsp3) is 0.182. The highest BCUT2D eigenvalue weighted by Gasteiger charge is 2.14. The number of carbonyl (C=O) groups is 3. The molecule has 1 aromatic rings. The third kappa shape index (κ3) is 4.59. The SMILES string of the molecule is COC(=O)NC(=O)COc1ccc(Br)cc1C(=O)O. The van der Waals surface area contributed by atoms with Crippen LogP contribution in [-0.4, -0.2) is 36.8 Å². The van der Waals surface area contributed by atoms with Crippen molar-refractivity contribution in [2.45, 2.75) is 0 Å². The van der Waals surface area contributed by atoms with Gasteiger partial charge in [-0.25, -0.2) is 9.59 Å². The molecule has 1 aromatic carbocycles. The average Bonchev–Trinajstić information content (AvgIpc) is 2.36.